The van der Waals surface area contributed by atoms with E-state index in [0.29, 0.717) is 13.1 Å². The van der Waals surface area contributed by atoms with E-state index in [1.54, 1.807) is 0 Å². The Morgan fingerprint density at radius 3 is 1.94 bits per heavy atom. The monoisotopic (exact) mass is 476 g/mol. The molecular weight excluding hydrogens is 452 g/mol. The molecule has 1 aliphatic rings. The van der Waals surface area contributed by atoms with Gasteiger partial charge in [-0.15, -0.1) is 0 Å². The highest BCUT2D eigenvalue weighted by Crippen LogP contribution is 2.30. The van der Waals surface area contributed by atoms with Crippen LogP contribution < -0.4 is 10.1 Å². The number of anilines is 1. The maximum Gasteiger partial charge on any atom is 0.337 e. The summed E-state index contributed by atoms with van der Waals surface area (Å²) in [5.41, 5.74) is 0.241. The molecule has 0 unspecified atom stereocenters. The van der Waals surface area contributed by atoms with Gasteiger partial charge in [-0.2, -0.15) is 4.31 Å². The lowest BCUT2D eigenvalue weighted by molar-refractivity contribution is 0.0598. The molecule has 1 aliphatic heterocycles. The van der Waals surface area contributed by atoms with E-state index in [4.69, 9.17) is 4.74 Å². The SMILES string of the molecule is COC(=O)c1cc(NC(=O)c2ccc(OC)c(S(=O)(=O)N3CCCC3)c2)cc(C(=O)OC)c1. The van der Waals surface area contributed by atoms with E-state index in [0.717, 1.165) is 12.8 Å². The van der Waals surface area contributed by atoms with E-state index >= 15 is 0 Å². The van der Waals surface area contributed by atoms with Gasteiger partial charge in [0.25, 0.3) is 5.91 Å². The van der Waals surface area contributed by atoms with Gasteiger partial charge in [0.05, 0.1) is 32.5 Å². The van der Waals surface area contributed by atoms with Crippen LogP contribution in [0.25, 0.3) is 0 Å². The van der Waals surface area contributed by atoms with E-state index in [1.807, 2.05) is 0 Å². The highest BCUT2D eigenvalue weighted by molar-refractivity contribution is 7.89. The average Bonchev–Trinajstić information content (AvgIpc) is 3.38. The number of methoxy groups -OCH3 is 3. The summed E-state index contributed by atoms with van der Waals surface area (Å²) in [5.74, 6) is -1.94. The first-order valence-electron chi connectivity index (χ1n) is 10.0. The van der Waals surface area contributed by atoms with Crippen LogP contribution in [-0.4, -0.2) is 65.0 Å². The first-order chi connectivity index (χ1) is 15.7. The number of nitrogens with one attached hydrogen (secondary N) is 1. The molecule has 0 spiro atoms. The lowest BCUT2D eigenvalue weighted by Crippen LogP contribution is -2.28. The standard InChI is InChI=1S/C22H24N2O8S/c1-30-18-7-6-14(13-19(18)33(28,29)24-8-4-5-9-24)20(25)23-17-11-15(21(26)31-2)10-16(12-17)22(27)32-3/h6-7,10-13H,4-5,8-9H2,1-3H3,(H,23,25). The highest BCUT2D eigenvalue weighted by Gasteiger charge is 2.30. The van der Waals surface area contributed by atoms with Crippen molar-refractivity contribution >= 4 is 33.6 Å². The van der Waals surface area contributed by atoms with Gasteiger partial charge in [0.1, 0.15) is 10.6 Å². The van der Waals surface area contributed by atoms with E-state index in [1.165, 1.54) is 62.0 Å². The molecule has 0 saturated carbocycles. The minimum atomic E-state index is -3.85. The Morgan fingerprint density at radius 1 is 0.848 bits per heavy atom. The lowest BCUT2D eigenvalue weighted by atomic mass is 10.1. The summed E-state index contributed by atoms with van der Waals surface area (Å²) in [6, 6.07) is 8.02. The zero-order valence-corrected chi connectivity index (χ0v) is 19.2. The molecule has 33 heavy (non-hydrogen) atoms. The second-order valence-electron chi connectivity index (χ2n) is 7.21. The van der Waals surface area contributed by atoms with E-state index < -0.39 is 27.9 Å². The van der Waals surface area contributed by atoms with Crippen LogP contribution in [0.2, 0.25) is 0 Å². The fraction of sp³-hybridized carbons (Fsp3) is 0.318. The number of carbonyl (C=O) groups is 3. The first-order valence-corrected chi connectivity index (χ1v) is 11.5. The van der Waals surface area contributed by atoms with Crippen LogP contribution in [0.15, 0.2) is 41.3 Å². The fourth-order valence-electron chi connectivity index (χ4n) is 3.46. The number of amides is 1. The normalized spacial score (nSPS) is 13.9. The van der Waals surface area contributed by atoms with Crippen molar-refractivity contribution in [3.63, 3.8) is 0 Å². The van der Waals surface area contributed by atoms with Crippen molar-refractivity contribution in [2.24, 2.45) is 0 Å². The second kappa shape index (κ2) is 10.0. The van der Waals surface area contributed by atoms with Gasteiger partial charge in [0.15, 0.2) is 0 Å². The number of rotatable bonds is 7. The number of sulfonamides is 1. The van der Waals surface area contributed by atoms with Crippen molar-refractivity contribution in [2.75, 3.05) is 39.7 Å². The summed E-state index contributed by atoms with van der Waals surface area (Å²) in [6.45, 7) is 0.803. The minimum absolute atomic E-state index is 0.0303. The molecule has 0 aliphatic carbocycles. The van der Waals surface area contributed by atoms with Crippen molar-refractivity contribution in [3.05, 3.63) is 53.1 Å². The number of ether oxygens (including phenoxy) is 3. The topological polar surface area (TPSA) is 128 Å². The fourth-order valence-corrected chi connectivity index (χ4v) is 5.16. The maximum atomic E-state index is 13.1. The molecule has 0 radical (unpaired) electrons. The molecule has 10 nitrogen and oxygen atoms in total. The Kier molecular flexibility index (Phi) is 7.34. The quantitative estimate of drug-likeness (QED) is 0.603. The average molecular weight is 477 g/mol. The predicted molar refractivity (Wildman–Crippen MR) is 118 cm³/mol. The summed E-state index contributed by atoms with van der Waals surface area (Å²) in [7, 11) is -0.124. The summed E-state index contributed by atoms with van der Waals surface area (Å²) < 4.78 is 42.1. The Morgan fingerprint density at radius 2 is 1.42 bits per heavy atom. The van der Waals surface area contributed by atoms with Crippen molar-refractivity contribution in [1.82, 2.24) is 4.31 Å². The van der Waals surface area contributed by atoms with Crippen molar-refractivity contribution in [2.45, 2.75) is 17.7 Å². The molecule has 0 bridgehead atoms. The van der Waals surface area contributed by atoms with Gasteiger partial charge < -0.3 is 19.5 Å². The third-order valence-electron chi connectivity index (χ3n) is 5.14. The summed E-state index contributed by atoms with van der Waals surface area (Å²) >= 11 is 0. The third kappa shape index (κ3) is 5.15. The predicted octanol–water partition coefficient (Wildman–Crippen LogP) is 2.31. The molecule has 0 atom stereocenters. The Hall–Kier alpha value is -3.44. The van der Waals surface area contributed by atoms with Gasteiger partial charge in [-0.3, -0.25) is 4.79 Å². The molecular formula is C22H24N2O8S. The zero-order chi connectivity index (χ0) is 24.2. The molecule has 2 aromatic carbocycles. The van der Waals surface area contributed by atoms with Gasteiger partial charge in [0, 0.05) is 24.3 Å². The van der Waals surface area contributed by atoms with Gasteiger partial charge in [-0.1, -0.05) is 0 Å². The van der Waals surface area contributed by atoms with Crippen LogP contribution in [0.1, 0.15) is 43.9 Å². The molecule has 0 aromatic heterocycles. The van der Waals surface area contributed by atoms with Crippen LogP contribution in [0.4, 0.5) is 5.69 Å². The smallest absolute Gasteiger partial charge is 0.337 e. The molecule has 176 valence electrons. The van der Waals surface area contributed by atoms with Gasteiger partial charge >= 0.3 is 11.9 Å². The van der Waals surface area contributed by atoms with Crippen LogP contribution in [-0.2, 0) is 19.5 Å². The number of hydrogen-bond acceptors (Lipinski definition) is 8. The van der Waals surface area contributed by atoms with Crippen LogP contribution in [0.3, 0.4) is 0 Å². The molecule has 2 aromatic rings. The molecule has 11 heteroatoms. The first kappa shape index (κ1) is 24.2. The van der Waals surface area contributed by atoms with Crippen LogP contribution in [0, 0.1) is 0 Å². The molecule has 1 saturated heterocycles. The van der Waals surface area contributed by atoms with E-state index in [-0.39, 0.29) is 33.0 Å². The molecule has 1 amide bonds. The molecule has 1 N–H and O–H groups in total. The molecule has 1 fully saturated rings. The van der Waals surface area contributed by atoms with Crippen molar-refractivity contribution < 1.29 is 37.0 Å². The Labute approximate surface area is 191 Å². The highest BCUT2D eigenvalue weighted by atomic mass is 32.2. The Balaban J connectivity index is 1.96. The van der Waals surface area contributed by atoms with E-state index in [9.17, 15) is 22.8 Å². The second-order valence-corrected chi connectivity index (χ2v) is 9.12. The van der Waals surface area contributed by atoms with Gasteiger partial charge in [-0.25, -0.2) is 18.0 Å². The van der Waals surface area contributed by atoms with Crippen LogP contribution >= 0.6 is 0 Å². The van der Waals surface area contributed by atoms with Crippen LogP contribution in [0.5, 0.6) is 5.75 Å². The van der Waals surface area contributed by atoms with Gasteiger partial charge in [-0.05, 0) is 49.2 Å². The Bertz CT molecular complexity index is 1150. The van der Waals surface area contributed by atoms with Crippen molar-refractivity contribution in [3.8, 4) is 5.75 Å². The van der Waals surface area contributed by atoms with Gasteiger partial charge in [0.2, 0.25) is 10.0 Å². The zero-order valence-electron chi connectivity index (χ0n) is 18.4. The summed E-state index contributed by atoms with van der Waals surface area (Å²) in [4.78, 5) is 36.7. The molecule has 1 heterocycles. The number of nitrogens with zero attached hydrogens (tertiary/aromatic N) is 1. The minimum Gasteiger partial charge on any atom is -0.495 e. The van der Waals surface area contributed by atoms with E-state index in [2.05, 4.69) is 14.8 Å². The summed E-state index contributed by atoms with van der Waals surface area (Å²) in [6.07, 6.45) is 1.53. The number of carbonyl (C=O) groups excluding carboxylic acids is 3. The van der Waals surface area contributed by atoms with Crippen molar-refractivity contribution in [1.29, 1.82) is 0 Å². The third-order valence-corrected chi connectivity index (χ3v) is 7.06. The molecule has 3 rings (SSSR count). The number of benzene rings is 2. The maximum absolute atomic E-state index is 13.1. The lowest BCUT2D eigenvalue weighted by Gasteiger charge is -2.18. The number of hydrogen-bond donors (Lipinski definition) is 1. The largest absolute Gasteiger partial charge is 0.495 e. The number of esters is 2. The summed E-state index contributed by atoms with van der Waals surface area (Å²) in [5, 5.41) is 2.58.